The molecule has 3 nitrogen and oxygen atoms in total. The predicted octanol–water partition coefficient (Wildman–Crippen LogP) is 3.83. The number of rotatable bonds is 3. The maximum Gasteiger partial charge on any atom is 0.181 e. The van der Waals surface area contributed by atoms with Crippen LogP contribution in [0.3, 0.4) is 0 Å². The maximum atomic E-state index is 5.54. The molecular formula is C14H17IN2O. The summed E-state index contributed by atoms with van der Waals surface area (Å²) in [5.41, 5.74) is 2.12. The number of hydrogen-bond acceptors (Lipinski definition) is 3. The van der Waals surface area contributed by atoms with Gasteiger partial charge in [-0.25, -0.2) is 4.98 Å². The van der Waals surface area contributed by atoms with Crippen molar-refractivity contribution in [1.82, 2.24) is 10.3 Å². The van der Waals surface area contributed by atoms with E-state index < -0.39 is 0 Å². The Hall–Kier alpha value is -0.880. The molecule has 0 bridgehead atoms. The summed E-state index contributed by atoms with van der Waals surface area (Å²) in [5, 5.41) is 3.43. The zero-order chi connectivity index (χ0) is 13.2. The van der Waals surface area contributed by atoms with Crippen LogP contribution >= 0.6 is 22.6 Å². The quantitative estimate of drug-likeness (QED) is 0.850. The van der Waals surface area contributed by atoms with Gasteiger partial charge >= 0.3 is 0 Å². The van der Waals surface area contributed by atoms with Gasteiger partial charge < -0.3 is 9.73 Å². The third kappa shape index (κ3) is 3.32. The van der Waals surface area contributed by atoms with Crippen molar-refractivity contribution in [2.45, 2.75) is 32.9 Å². The lowest BCUT2D eigenvalue weighted by Crippen LogP contribution is -2.35. The number of hydrogen-bond donors (Lipinski definition) is 1. The molecule has 0 unspecified atom stereocenters. The van der Waals surface area contributed by atoms with Gasteiger partial charge in [-0.15, -0.1) is 0 Å². The number of halogens is 1. The third-order valence-electron chi connectivity index (χ3n) is 2.55. The Morgan fingerprint density at radius 2 is 2.00 bits per heavy atom. The monoisotopic (exact) mass is 356 g/mol. The molecular weight excluding hydrogens is 339 g/mol. The SMILES string of the molecule is CC(C)(C)NCc1ncoc1-c1ccccc1I. The van der Waals surface area contributed by atoms with Crippen LogP contribution < -0.4 is 5.32 Å². The Morgan fingerprint density at radius 3 is 2.67 bits per heavy atom. The molecule has 0 aliphatic carbocycles. The van der Waals surface area contributed by atoms with Crippen LogP contribution in [0.5, 0.6) is 0 Å². The fourth-order valence-corrected chi connectivity index (χ4v) is 2.24. The van der Waals surface area contributed by atoms with Crippen LogP contribution in [0.4, 0.5) is 0 Å². The highest BCUT2D eigenvalue weighted by molar-refractivity contribution is 14.1. The molecule has 0 radical (unpaired) electrons. The molecule has 1 N–H and O–H groups in total. The van der Waals surface area contributed by atoms with E-state index in [2.05, 4.69) is 65.8 Å². The van der Waals surface area contributed by atoms with Crippen molar-refractivity contribution >= 4 is 22.6 Å². The summed E-state index contributed by atoms with van der Waals surface area (Å²) >= 11 is 2.31. The molecule has 96 valence electrons. The molecule has 0 amide bonds. The Kier molecular flexibility index (Phi) is 4.07. The summed E-state index contributed by atoms with van der Waals surface area (Å²) < 4.78 is 6.71. The van der Waals surface area contributed by atoms with Gasteiger partial charge in [-0.3, -0.25) is 0 Å². The second-order valence-electron chi connectivity index (χ2n) is 5.21. The molecule has 0 aliphatic heterocycles. The molecule has 0 aliphatic rings. The van der Waals surface area contributed by atoms with Crippen molar-refractivity contribution in [3.63, 3.8) is 0 Å². The molecule has 2 aromatic rings. The van der Waals surface area contributed by atoms with Gasteiger partial charge in [0.25, 0.3) is 0 Å². The van der Waals surface area contributed by atoms with Crippen molar-refractivity contribution in [2.24, 2.45) is 0 Å². The minimum absolute atomic E-state index is 0.0695. The van der Waals surface area contributed by atoms with Crippen molar-refractivity contribution in [2.75, 3.05) is 0 Å². The van der Waals surface area contributed by atoms with E-state index in [4.69, 9.17) is 4.42 Å². The minimum atomic E-state index is 0.0695. The maximum absolute atomic E-state index is 5.54. The molecule has 18 heavy (non-hydrogen) atoms. The Balaban J connectivity index is 2.26. The molecule has 4 heteroatoms. The van der Waals surface area contributed by atoms with Crippen LogP contribution in [0, 0.1) is 3.57 Å². The first-order valence-corrected chi connectivity index (χ1v) is 6.97. The fourth-order valence-electron chi connectivity index (χ4n) is 1.61. The number of oxazole rings is 1. The van der Waals surface area contributed by atoms with Gasteiger partial charge in [0.2, 0.25) is 0 Å². The molecule has 1 heterocycles. The summed E-state index contributed by atoms with van der Waals surface area (Å²) in [6.45, 7) is 7.12. The summed E-state index contributed by atoms with van der Waals surface area (Å²) in [4.78, 5) is 4.30. The van der Waals surface area contributed by atoms with Gasteiger partial charge in [-0.05, 0) is 49.4 Å². The summed E-state index contributed by atoms with van der Waals surface area (Å²) in [6, 6.07) is 8.16. The Morgan fingerprint density at radius 1 is 1.28 bits per heavy atom. The third-order valence-corrected chi connectivity index (χ3v) is 3.49. The second-order valence-corrected chi connectivity index (χ2v) is 6.37. The first-order chi connectivity index (χ1) is 8.47. The standard InChI is InChI=1S/C14H17IN2O/c1-14(2,3)17-8-12-13(18-9-16-12)10-6-4-5-7-11(10)15/h4-7,9,17H,8H2,1-3H3. The molecule has 0 atom stereocenters. The van der Waals surface area contributed by atoms with Gasteiger partial charge in [-0.1, -0.05) is 18.2 Å². The molecule has 0 fully saturated rings. The van der Waals surface area contributed by atoms with E-state index in [1.807, 2.05) is 12.1 Å². The van der Waals surface area contributed by atoms with Crippen molar-refractivity contribution in [3.8, 4) is 11.3 Å². The number of nitrogens with one attached hydrogen (secondary N) is 1. The van der Waals surface area contributed by atoms with Crippen LogP contribution in [0.1, 0.15) is 26.5 Å². The van der Waals surface area contributed by atoms with Gasteiger partial charge in [0.05, 0.1) is 0 Å². The van der Waals surface area contributed by atoms with E-state index in [-0.39, 0.29) is 5.54 Å². The largest absolute Gasteiger partial charge is 0.443 e. The van der Waals surface area contributed by atoms with E-state index in [1.165, 1.54) is 9.96 Å². The second kappa shape index (κ2) is 5.40. The minimum Gasteiger partial charge on any atom is -0.443 e. The zero-order valence-electron chi connectivity index (χ0n) is 10.8. The first kappa shape index (κ1) is 13.5. The van der Waals surface area contributed by atoms with Gasteiger partial charge in [0.15, 0.2) is 12.2 Å². The van der Waals surface area contributed by atoms with Crippen LogP contribution in [-0.2, 0) is 6.54 Å². The Labute approximate surface area is 121 Å². The number of aromatic nitrogens is 1. The lowest BCUT2D eigenvalue weighted by molar-refractivity contribution is 0.421. The highest BCUT2D eigenvalue weighted by atomic mass is 127. The average molecular weight is 356 g/mol. The Bertz CT molecular complexity index is 529. The van der Waals surface area contributed by atoms with Gasteiger partial charge in [-0.2, -0.15) is 0 Å². The molecule has 1 aromatic heterocycles. The molecule has 0 spiro atoms. The van der Waals surface area contributed by atoms with E-state index in [9.17, 15) is 0 Å². The van der Waals surface area contributed by atoms with Gasteiger partial charge in [0.1, 0.15) is 5.69 Å². The first-order valence-electron chi connectivity index (χ1n) is 5.90. The van der Waals surface area contributed by atoms with Crippen molar-refractivity contribution < 1.29 is 4.42 Å². The highest BCUT2D eigenvalue weighted by Crippen LogP contribution is 2.27. The average Bonchev–Trinajstić information content (AvgIpc) is 2.74. The lowest BCUT2D eigenvalue weighted by atomic mass is 10.1. The number of nitrogens with zero attached hydrogens (tertiary/aromatic N) is 1. The normalized spacial score (nSPS) is 11.8. The highest BCUT2D eigenvalue weighted by Gasteiger charge is 2.15. The van der Waals surface area contributed by atoms with E-state index in [0.717, 1.165) is 17.0 Å². The summed E-state index contributed by atoms with van der Waals surface area (Å²) in [5.74, 6) is 0.858. The summed E-state index contributed by atoms with van der Waals surface area (Å²) in [7, 11) is 0. The van der Waals surface area contributed by atoms with Crippen LogP contribution in [0.15, 0.2) is 35.1 Å². The topological polar surface area (TPSA) is 38.1 Å². The molecule has 1 aromatic carbocycles. The van der Waals surface area contributed by atoms with Crippen LogP contribution in [-0.4, -0.2) is 10.5 Å². The van der Waals surface area contributed by atoms with Gasteiger partial charge in [0, 0.05) is 21.2 Å². The van der Waals surface area contributed by atoms with Crippen molar-refractivity contribution in [1.29, 1.82) is 0 Å². The predicted molar refractivity (Wildman–Crippen MR) is 81.2 cm³/mol. The number of benzene rings is 1. The molecule has 0 saturated carbocycles. The van der Waals surface area contributed by atoms with E-state index in [1.54, 1.807) is 0 Å². The van der Waals surface area contributed by atoms with E-state index >= 15 is 0 Å². The zero-order valence-corrected chi connectivity index (χ0v) is 13.0. The van der Waals surface area contributed by atoms with E-state index in [0.29, 0.717) is 6.54 Å². The fraction of sp³-hybridized carbons (Fsp3) is 0.357. The van der Waals surface area contributed by atoms with Crippen LogP contribution in [0.25, 0.3) is 11.3 Å². The molecule has 0 saturated heterocycles. The summed E-state index contributed by atoms with van der Waals surface area (Å²) in [6.07, 6.45) is 1.51. The molecule has 2 rings (SSSR count). The smallest absolute Gasteiger partial charge is 0.181 e. The lowest BCUT2D eigenvalue weighted by Gasteiger charge is -2.19. The van der Waals surface area contributed by atoms with Crippen LogP contribution in [0.2, 0.25) is 0 Å². The van der Waals surface area contributed by atoms with Crippen molar-refractivity contribution in [3.05, 3.63) is 39.9 Å².